The number of nitrogens with zero attached hydrogens (tertiary/aromatic N) is 1. The van der Waals surface area contributed by atoms with Crippen molar-refractivity contribution in [3.8, 4) is 0 Å². The van der Waals surface area contributed by atoms with Gasteiger partial charge in [-0.05, 0) is 24.0 Å². The smallest absolute Gasteiger partial charge is 0.236 e. The van der Waals surface area contributed by atoms with Gasteiger partial charge in [-0.1, -0.05) is 24.3 Å². The van der Waals surface area contributed by atoms with Gasteiger partial charge < -0.3 is 15.0 Å². The Hall–Kier alpha value is -1.39. The van der Waals surface area contributed by atoms with E-state index in [0.717, 1.165) is 25.9 Å². The number of carbonyl (C=O) groups excluding carboxylic acids is 1. The van der Waals surface area contributed by atoms with Crippen LogP contribution in [0, 0.1) is 0 Å². The Balaban J connectivity index is 1.89. The molecule has 1 aromatic carbocycles. The van der Waals surface area contributed by atoms with Crippen molar-refractivity contribution < 1.29 is 9.53 Å². The molecule has 1 amide bonds. The van der Waals surface area contributed by atoms with Crippen LogP contribution < -0.4 is 5.32 Å². The Bertz CT molecular complexity index is 420. The van der Waals surface area contributed by atoms with Crippen LogP contribution in [-0.2, 0) is 22.5 Å². The molecule has 1 N–H and O–H groups in total. The quantitative estimate of drug-likeness (QED) is 0.811. The summed E-state index contributed by atoms with van der Waals surface area (Å²) in [5.41, 5.74) is 2.66. The normalized spacial score (nSPS) is 14.9. The van der Waals surface area contributed by atoms with Crippen molar-refractivity contribution in [2.45, 2.75) is 19.4 Å². The Morgan fingerprint density at radius 1 is 1.37 bits per heavy atom. The van der Waals surface area contributed by atoms with Gasteiger partial charge in [-0.25, -0.2) is 0 Å². The maximum atomic E-state index is 12.1. The molecule has 2 rings (SSSR count). The van der Waals surface area contributed by atoms with Crippen molar-refractivity contribution in [2.24, 2.45) is 0 Å². The number of ether oxygens (including phenoxy) is 1. The number of rotatable bonds is 5. The highest BCUT2D eigenvalue weighted by Gasteiger charge is 2.17. The van der Waals surface area contributed by atoms with Gasteiger partial charge in [0.05, 0.1) is 13.2 Å². The molecule has 0 aliphatic carbocycles. The zero-order valence-corrected chi connectivity index (χ0v) is 11.5. The third-order valence-corrected chi connectivity index (χ3v) is 3.47. The number of hydrogen-bond donors (Lipinski definition) is 1. The summed E-state index contributed by atoms with van der Waals surface area (Å²) in [5, 5.41) is 3.11. The minimum atomic E-state index is 0.174. The molecular formula is C15H22N2O2. The molecule has 0 radical (unpaired) electrons. The number of hydrogen-bond acceptors (Lipinski definition) is 3. The Morgan fingerprint density at radius 2 is 2.16 bits per heavy atom. The zero-order chi connectivity index (χ0) is 13.5. The number of carbonyl (C=O) groups is 1. The van der Waals surface area contributed by atoms with Crippen LogP contribution in [0.2, 0.25) is 0 Å². The summed E-state index contributed by atoms with van der Waals surface area (Å²) in [4.78, 5) is 14.1. The second-order valence-electron chi connectivity index (χ2n) is 4.86. The minimum Gasteiger partial charge on any atom is -0.383 e. The van der Waals surface area contributed by atoms with E-state index in [0.29, 0.717) is 19.7 Å². The fourth-order valence-corrected chi connectivity index (χ4v) is 2.39. The molecule has 1 aromatic rings. The molecule has 4 heteroatoms. The van der Waals surface area contributed by atoms with E-state index in [-0.39, 0.29) is 5.91 Å². The van der Waals surface area contributed by atoms with Crippen LogP contribution in [0.25, 0.3) is 0 Å². The summed E-state index contributed by atoms with van der Waals surface area (Å²) in [5.74, 6) is 0.174. The molecule has 0 saturated heterocycles. The number of aryl methyl sites for hydroxylation is 1. The topological polar surface area (TPSA) is 41.6 Å². The van der Waals surface area contributed by atoms with Gasteiger partial charge in [0.2, 0.25) is 5.91 Å². The Morgan fingerprint density at radius 3 is 2.95 bits per heavy atom. The van der Waals surface area contributed by atoms with Gasteiger partial charge in [-0.2, -0.15) is 0 Å². The molecular weight excluding hydrogens is 240 g/mol. The SMILES string of the molecule is COCCNCC(=O)N1CCCc2ccccc2C1. The van der Waals surface area contributed by atoms with Gasteiger partial charge in [0, 0.05) is 26.7 Å². The second-order valence-corrected chi connectivity index (χ2v) is 4.86. The fourth-order valence-electron chi connectivity index (χ4n) is 2.39. The summed E-state index contributed by atoms with van der Waals surface area (Å²) in [6, 6.07) is 8.41. The predicted molar refractivity (Wildman–Crippen MR) is 74.9 cm³/mol. The Kier molecular flexibility index (Phi) is 5.36. The van der Waals surface area contributed by atoms with E-state index in [1.165, 1.54) is 11.1 Å². The highest BCUT2D eigenvalue weighted by Crippen LogP contribution is 2.18. The molecule has 0 fully saturated rings. The summed E-state index contributed by atoms with van der Waals surface area (Å²) >= 11 is 0. The van der Waals surface area contributed by atoms with Gasteiger partial charge in [0.15, 0.2) is 0 Å². The third kappa shape index (κ3) is 4.04. The number of benzene rings is 1. The van der Waals surface area contributed by atoms with Gasteiger partial charge in [0.1, 0.15) is 0 Å². The summed E-state index contributed by atoms with van der Waals surface area (Å²) in [6.07, 6.45) is 2.11. The first-order valence-electron chi connectivity index (χ1n) is 6.85. The maximum absolute atomic E-state index is 12.1. The molecule has 1 heterocycles. The van der Waals surface area contributed by atoms with E-state index in [1.54, 1.807) is 7.11 Å². The highest BCUT2D eigenvalue weighted by atomic mass is 16.5. The van der Waals surface area contributed by atoms with Gasteiger partial charge in [-0.3, -0.25) is 4.79 Å². The lowest BCUT2D eigenvalue weighted by atomic mass is 10.0. The van der Waals surface area contributed by atoms with Crippen LogP contribution in [0.15, 0.2) is 24.3 Å². The number of amides is 1. The largest absolute Gasteiger partial charge is 0.383 e. The lowest BCUT2D eigenvalue weighted by Crippen LogP contribution is -2.38. The lowest BCUT2D eigenvalue weighted by molar-refractivity contribution is -0.130. The third-order valence-electron chi connectivity index (χ3n) is 3.47. The molecule has 0 aromatic heterocycles. The van der Waals surface area contributed by atoms with Crippen molar-refractivity contribution in [1.29, 1.82) is 0 Å². The molecule has 0 spiro atoms. The average molecular weight is 262 g/mol. The van der Waals surface area contributed by atoms with Crippen LogP contribution in [-0.4, -0.2) is 44.2 Å². The molecule has 104 valence electrons. The molecule has 0 saturated carbocycles. The molecule has 0 atom stereocenters. The summed E-state index contributed by atoms with van der Waals surface area (Å²) < 4.78 is 4.95. The molecule has 1 aliphatic heterocycles. The van der Waals surface area contributed by atoms with Gasteiger partial charge in [-0.15, -0.1) is 0 Å². The fraction of sp³-hybridized carbons (Fsp3) is 0.533. The van der Waals surface area contributed by atoms with Crippen LogP contribution in [0.3, 0.4) is 0 Å². The number of fused-ring (bicyclic) bond motifs is 1. The highest BCUT2D eigenvalue weighted by molar-refractivity contribution is 5.78. The van der Waals surface area contributed by atoms with E-state index in [1.807, 2.05) is 11.0 Å². The average Bonchev–Trinajstić information content (AvgIpc) is 2.65. The van der Waals surface area contributed by atoms with Crippen LogP contribution >= 0.6 is 0 Å². The minimum absolute atomic E-state index is 0.174. The Labute approximate surface area is 114 Å². The monoisotopic (exact) mass is 262 g/mol. The number of methoxy groups -OCH3 is 1. The molecule has 19 heavy (non-hydrogen) atoms. The van der Waals surface area contributed by atoms with Crippen LogP contribution in [0.1, 0.15) is 17.5 Å². The van der Waals surface area contributed by atoms with E-state index < -0.39 is 0 Å². The first kappa shape index (κ1) is 14.0. The first-order valence-corrected chi connectivity index (χ1v) is 6.85. The maximum Gasteiger partial charge on any atom is 0.236 e. The summed E-state index contributed by atoms with van der Waals surface area (Å²) in [7, 11) is 1.66. The molecule has 4 nitrogen and oxygen atoms in total. The zero-order valence-electron chi connectivity index (χ0n) is 11.5. The van der Waals surface area contributed by atoms with E-state index in [9.17, 15) is 4.79 Å². The van der Waals surface area contributed by atoms with E-state index in [4.69, 9.17) is 4.74 Å². The lowest BCUT2D eigenvalue weighted by Gasteiger charge is -2.21. The van der Waals surface area contributed by atoms with Crippen molar-refractivity contribution in [3.63, 3.8) is 0 Å². The van der Waals surface area contributed by atoms with Crippen molar-refractivity contribution >= 4 is 5.91 Å². The van der Waals surface area contributed by atoms with Gasteiger partial charge in [0.25, 0.3) is 0 Å². The first-order chi connectivity index (χ1) is 9.31. The van der Waals surface area contributed by atoms with Crippen LogP contribution in [0.4, 0.5) is 0 Å². The van der Waals surface area contributed by atoms with Gasteiger partial charge >= 0.3 is 0 Å². The van der Waals surface area contributed by atoms with Crippen molar-refractivity contribution in [2.75, 3.05) is 33.4 Å². The van der Waals surface area contributed by atoms with Crippen LogP contribution in [0.5, 0.6) is 0 Å². The van der Waals surface area contributed by atoms with Crippen molar-refractivity contribution in [1.82, 2.24) is 10.2 Å². The van der Waals surface area contributed by atoms with E-state index in [2.05, 4.69) is 23.5 Å². The molecule has 1 aliphatic rings. The molecule has 0 unspecified atom stereocenters. The summed E-state index contributed by atoms with van der Waals surface area (Å²) in [6.45, 7) is 3.33. The van der Waals surface area contributed by atoms with E-state index >= 15 is 0 Å². The number of nitrogens with one attached hydrogen (secondary N) is 1. The predicted octanol–water partition coefficient (Wildman–Crippen LogP) is 1.20. The van der Waals surface area contributed by atoms with Crippen molar-refractivity contribution in [3.05, 3.63) is 35.4 Å². The molecule has 0 bridgehead atoms. The second kappa shape index (κ2) is 7.26. The standard InChI is InChI=1S/C15H22N2O2/c1-19-10-8-16-11-15(18)17-9-4-7-13-5-2-3-6-14(13)12-17/h2-3,5-6,16H,4,7-12H2,1H3.